The van der Waals surface area contributed by atoms with Gasteiger partial charge in [0.25, 0.3) is 0 Å². The van der Waals surface area contributed by atoms with E-state index >= 15 is 0 Å². The summed E-state index contributed by atoms with van der Waals surface area (Å²) in [7, 11) is 1.55. The third-order valence-electron chi connectivity index (χ3n) is 2.83. The molecule has 2 rings (SSSR count). The second-order valence-electron chi connectivity index (χ2n) is 4.12. The zero-order valence-electron chi connectivity index (χ0n) is 10.1. The molecule has 0 saturated heterocycles. The lowest BCUT2D eigenvalue weighted by Crippen LogP contribution is -2.28. The van der Waals surface area contributed by atoms with Gasteiger partial charge in [0.1, 0.15) is 5.82 Å². The number of halogens is 2. The number of hydrogen-bond donors (Lipinski definition) is 0. The van der Waals surface area contributed by atoms with Crippen molar-refractivity contribution in [1.29, 1.82) is 0 Å². The van der Waals surface area contributed by atoms with Gasteiger partial charge in [-0.3, -0.25) is 10.1 Å². The van der Waals surface area contributed by atoms with Gasteiger partial charge in [0.2, 0.25) is 5.69 Å². The molecule has 2 aromatic rings. The van der Waals surface area contributed by atoms with Gasteiger partial charge < -0.3 is 0 Å². The molecule has 0 aromatic heterocycles. The fourth-order valence-corrected chi connectivity index (χ4v) is 2.08. The van der Waals surface area contributed by atoms with Gasteiger partial charge in [0, 0.05) is 24.3 Å². The van der Waals surface area contributed by atoms with E-state index in [4.69, 9.17) is 11.8 Å². The van der Waals surface area contributed by atoms with Crippen LogP contribution in [0.2, 0.25) is 0 Å². The second kappa shape index (κ2) is 4.95. The van der Waals surface area contributed by atoms with Gasteiger partial charge in [0.15, 0.2) is 17.5 Å². The standard InChI is InChI=1S/C13H11ClFN2O2/c1-17(14,11-5-3-2-4-6-11)13-9-10(15)7-8-12(13)16(18)19/h2-9H,1H3/q+1. The van der Waals surface area contributed by atoms with Crippen LogP contribution < -0.4 is 4.00 Å². The fraction of sp³-hybridized carbons (Fsp3) is 0.0769. The molecule has 0 heterocycles. The van der Waals surface area contributed by atoms with Crippen LogP contribution in [0.4, 0.5) is 21.5 Å². The van der Waals surface area contributed by atoms with Crippen LogP contribution in [0.5, 0.6) is 0 Å². The van der Waals surface area contributed by atoms with Crippen LogP contribution >= 0.6 is 11.8 Å². The van der Waals surface area contributed by atoms with Crippen LogP contribution in [-0.4, -0.2) is 12.0 Å². The molecule has 0 spiro atoms. The minimum Gasteiger partial charge on any atom is -0.258 e. The number of para-hydroxylation sites is 1. The quantitative estimate of drug-likeness (QED) is 0.482. The molecule has 98 valence electrons. The minimum atomic E-state index is -0.573. The molecule has 1 atom stereocenters. The maximum absolute atomic E-state index is 13.4. The average Bonchev–Trinajstić information content (AvgIpc) is 2.39. The van der Waals surface area contributed by atoms with Crippen LogP contribution in [0, 0.1) is 15.9 Å². The zero-order valence-corrected chi connectivity index (χ0v) is 10.8. The Morgan fingerprint density at radius 3 is 2.42 bits per heavy atom. The summed E-state index contributed by atoms with van der Waals surface area (Å²) in [6.07, 6.45) is 0. The highest BCUT2D eigenvalue weighted by atomic mass is 35.5. The summed E-state index contributed by atoms with van der Waals surface area (Å²) in [6.45, 7) is 0. The van der Waals surface area contributed by atoms with Gasteiger partial charge in [0.05, 0.1) is 12.0 Å². The number of hydrogen-bond acceptors (Lipinski definition) is 2. The summed E-state index contributed by atoms with van der Waals surface area (Å²) in [4.78, 5) is 10.5. The first-order chi connectivity index (χ1) is 8.93. The molecule has 0 N–H and O–H groups in total. The van der Waals surface area contributed by atoms with Crippen LogP contribution in [-0.2, 0) is 0 Å². The third kappa shape index (κ3) is 2.57. The van der Waals surface area contributed by atoms with Crippen LogP contribution in [0.3, 0.4) is 0 Å². The van der Waals surface area contributed by atoms with E-state index in [1.54, 1.807) is 37.4 Å². The highest BCUT2D eigenvalue weighted by Crippen LogP contribution is 2.41. The molecule has 0 amide bonds. The molecule has 0 aliphatic carbocycles. The summed E-state index contributed by atoms with van der Waals surface area (Å²) in [6, 6.07) is 12.0. The molecule has 0 radical (unpaired) electrons. The average molecular weight is 282 g/mol. The van der Waals surface area contributed by atoms with Crippen LogP contribution in [0.1, 0.15) is 0 Å². The van der Waals surface area contributed by atoms with E-state index in [1.807, 2.05) is 0 Å². The molecule has 0 bridgehead atoms. The van der Waals surface area contributed by atoms with Crippen molar-refractivity contribution in [1.82, 2.24) is 4.00 Å². The number of nitro benzene ring substituents is 1. The van der Waals surface area contributed by atoms with Crippen molar-refractivity contribution in [3.8, 4) is 0 Å². The largest absolute Gasteiger partial charge is 0.331 e. The summed E-state index contributed by atoms with van der Waals surface area (Å²) in [5.74, 6) is -0.568. The molecule has 19 heavy (non-hydrogen) atoms. The van der Waals surface area contributed by atoms with Crippen molar-refractivity contribution in [2.24, 2.45) is 0 Å². The molecule has 0 fully saturated rings. The lowest BCUT2D eigenvalue weighted by molar-refractivity contribution is -0.384. The van der Waals surface area contributed by atoms with E-state index in [-0.39, 0.29) is 11.4 Å². The first-order valence-electron chi connectivity index (χ1n) is 5.49. The maximum Gasteiger partial charge on any atom is 0.331 e. The normalized spacial score (nSPS) is 13.8. The van der Waals surface area contributed by atoms with Crippen molar-refractivity contribution in [2.75, 3.05) is 7.05 Å². The number of quaternary nitrogens is 1. The monoisotopic (exact) mass is 281 g/mol. The second-order valence-corrected chi connectivity index (χ2v) is 4.80. The zero-order chi connectivity index (χ0) is 14.0. The van der Waals surface area contributed by atoms with Crippen molar-refractivity contribution >= 4 is 28.8 Å². The van der Waals surface area contributed by atoms with E-state index in [1.165, 1.54) is 0 Å². The lowest BCUT2D eigenvalue weighted by atomic mass is 10.2. The van der Waals surface area contributed by atoms with Gasteiger partial charge in [-0.25, -0.2) is 4.39 Å². The van der Waals surface area contributed by atoms with Crippen LogP contribution in [0.15, 0.2) is 48.5 Å². The molecule has 0 aliphatic rings. The molecule has 1 unspecified atom stereocenters. The summed E-state index contributed by atoms with van der Waals surface area (Å²) in [5, 5.41) is 11.0. The SMILES string of the molecule is C[N+](Cl)(c1ccccc1)c1cc(F)ccc1[N+](=O)[O-]. The van der Waals surface area contributed by atoms with Gasteiger partial charge >= 0.3 is 5.69 Å². The Morgan fingerprint density at radius 1 is 1.21 bits per heavy atom. The van der Waals surface area contributed by atoms with Gasteiger partial charge in [-0.15, -0.1) is 0 Å². The Bertz CT molecular complexity index is 617. The van der Waals surface area contributed by atoms with Gasteiger partial charge in [-0.2, -0.15) is 4.00 Å². The minimum absolute atomic E-state index is 0.0814. The first kappa shape index (κ1) is 13.5. The predicted molar refractivity (Wildman–Crippen MR) is 72.7 cm³/mol. The number of nitrogens with zero attached hydrogens (tertiary/aromatic N) is 2. The van der Waals surface area contributed by atoms with E-state index in [2.05, 4.69) is 0 Å². The highest BCUT2D eigenvalue weighted by molar-refractivity contribution is 6.25. The molecule has 0 saturated carbocycles. The van der Waals surface area contributed by atoms with Crippen molar-refractivity contribution < 1.29 is 9.31 Å². The van der Waals surface area contributed by atoms with Crippen LogP contribution in [0.25, 0.3) is 0 Å². The van der Waals surface area contributed by atoms with Crippen molar-refractivity contribution in [2.45, 2.75) is 0 Å². The molecule has 4 nitrogen and oxygen atoms in total. The van der Waals surface area contributed by atoms with E-state index < -0.39 is 14.7 Å². The lowest BCUT2D eigenvalue weighted by Gasteiger charge is -2.22. The Morgan fingerprint density at radius 2 is 1.84 bits per heavy atom. The molecular weight excluding hydrogens is 271 g/mol. The smallest absolute Gasteiger partial charge is 0.258 e. The number of benzene rings is 2. The van der Waals surface area contributed by atoms with Gasteiger partial charge in [-0.1, -0.05) is 18.2 Å². The predicted octanol–water partition coefficient (Wildman–Crippen LogP) is 4.16. The maximum atomic E-state index is 13.4. The molecular formula is C13H11ClFN2O2+. The Kier molecular flexibility index (Phi) is 3.50. The summed E-state index contributed by atoms with van der Waals surface area (Å²) in [5.41, 5.74) is 0.471. The molecule has 6 heteroatoms. The summed E-state index contributed by atoms with van der Waals surface area (Å²) >= 11 is 6.37. The Labute approximate surface area is 114 Å². The van der Waals surface area contributed by atoms with Gasteiger partial charge in [-0.05, 0) is 6.07 Å². The van der Waals surface area contributed by atoms with E-state index in [9.17, 15) is 14.5 Å². The molecule has 2 aromatic carbocycles. The first-order valence-corrected chi connectivity index (χ1v) is 5.83. The van der Waals surface area contributed by atoms with Crippen molar-refractivity contribution in [3.63, 3.8) is 0 Å². The topological polar surface area (TPSA) is 43.1 Å². The van der Waals surface area contributed by atoms with Crippen molar-refractivity contribution in [3.05, 3.63) is 64.5 Å². The highest BCUT2D eigenvalue weighted by Gasteiger charge is 2.35. The Hall–Kier alpha value is -1.98. The number of nitro groups is 1. The van der Waals surface area contributed by atoms with E-state index in [0.29, 0.717) is 5.69 Å². The third-order valence-corrected chi connectivity index (χ3v) is 3.20. The Balaban J connectivity index is 2.63. The van der Waals surface area contributed by atoms with E-state index in [0.717, 1.165) is 18.2 Å². The molecule has 0 aliphatic heterocycles. The number of rotatable bonds is 3. The summed E-state index contributed by atoms with van der Waals surface area (Å²) < 4.78 is 12.9. The fourth-order valence-electron chi connectivity index (χ4n) is 1.83.